The van der Waals surface area contributed by atoms with Crippen LogP contribution in [0.2, 0.25) is 0 Å². The summed E-state index contributed by atoms with van der Waals surface area (Å²) in [6.07, 6.45) is 0.220. The van der Waals surface area contributed by atoms with Gasteiger partial charge in [0.15, 0.2) is 21.4 Å². The fourth-order valence-electron chi connectivity index (χ4n) is 5.21. The Morgan fingerprint density at radius 2 is 1.84 bits per heavy atom. The van der Waals surface area contributed by atoms with E-state index in [0.717, 1.165) is 0 Å². The van der Waals surface area contributed by atoms with Crippen LogP contribution in [-0.4, -0.2) is 60.2 Å². The van der Waals surface area contributed by atoms with E-state index in [2.05, 4.69) is 10.4 Å². The molecule has 5 rings (SSSR count). The fraction of sp³-hybridized carbons (Fsp3) is 0.615. The fourth-order valence-corrected chi connectivity index (χ4v) is 6.87. The maximum atomic E-state index is 13.9. The number of hydrogen-bond acceptors (Lipinski definition) is 6. The first-order chi connectivity index (χ1) is 17.5. The SMILES string of the molecule is CC1(C)OC[C@@H](Cn2ccc(NC(=O)C(C[C@H]3C[C@@H](F)[C@@H](F)C3)c3ccc(S(=O)(=O)C4CC4)cc3)n2)O1. The second kappa shape index (κ2) is 10.1. The van der Waals surface area contributed by atoms with Gasteiger partial charge >= 0.3 is 0 Å². The van der Waals surface area contributed by atoms with Crippen molar-refractivity contribution in [3.05, 3.63) is 42.1 Å². The Balaban J connectivity index is 1.30. The molecule has 1 aromatic heterocycles. The molecule has 37 heavy (non-hydrogen) atoms. The van der Waals surface area contributed by atoms with Crippen LogP contribution in [0.15, 0.2) is 41.4 Å². The Bertz CT molecular complexity index is 1220. The predicted octanol–water partition coefficient (Wildman–Crippen LogP) is 4.17. The van der Waals surface area contributed by atoms with Gasteiger partial charge in [-0.3, -0.25) is 9.48 Å². The Morgan fingerprint density at radius 3 is 2.43 bits per heavy atom. The van der Waals surface area contributed by atoms with Gasteiger partial charge in [0.25, 0.3) is 0 Å². The highest BCUT2D eigenvalue weighted by molar-refractivity contribution is 7.92. The molecule has 0 spiro atoms. The van der Waals surface area contributed by atoms with Crippen molar-refractivity contribution in [3.8, 4) is 0 Å². The third-order valence-electron chi connectivity index (χ3n) is 7.32. The van der Waals surface area contributed by atoms with E-state index in [1.54, 1.807) is 29.1 Å². The van der Waals surface area contributed by atoms with Crippen molar-refractivity contribution in [2.45, 2.75) is 92.8 Å². The predicted molar refractivity (Wildman–Crippen MR) is 132 cm³/mol. The molecule has 3 fully saturated rings. The number of hydrogen-bond donors (Lipinski definition) is 1. The number of benzene rings is 1. The van der Waals surface area contributed by atoms with E-state index in [0.29, 0.717) is 37.4 Å². The van der Waals surface area contributed by atoms with E-state index in [-0.39, 0.29) is 47.3 Å². The van der Waals surface area contributed by atoms with Gasteiger partial charge in [-0.25, -0.2) is 17.2 Å². The first kappa shape index (κ1) is 26.2. The number of carbonyl (C=O) groups excluding carboxylic acids is 1. The summed E-state index contributed by atoms with van der Waals surface area (Å²) >= 11 is 0. The number of nitrogens with zero attached hydrogens (tertiary/aromatic N) is 2. The number of nitrogens with one attached hydrogen (secondary N) is 1. The van der Waals surface area contributed by atoms with Gasteiger partial charge in [0.2, 0.25) is 5.91 Å². The summed E-state index contributed by atoms with van der Waals surface area (Å²) in [6, 6.07) is 7.98. The van der Waals surface area contributed by atoms with Crippen LogP contribution in [0, 0.1) is 5.92 Å². The van der Waals surface area contributed by atoms with E-state index >= 15 is 0 Å². The zero-order valence-corrected chi connectivity index (χ0v) is 21.8. The van der Waals surface area contributed by atoms with Gasteiger partial charge in [-0.1, -0.05) is 12.1 Å². The summed E-state index contributed by atoms with van der Waals surface area (Å²) in [5.41, 5.74) is 0.600. The first-order valence-corrected chi connectivity index (χ1v) is 14.3. The normalized spacial score (nSPS) is 28.3. The molecule has 11 heteroatoms. The number of ether oxygens (including phenoxy) is 2. The van der Waals surface area contributed by atoms with Crippen molar-refractivity contribution in [1.29, 1.82) is 0 Å². The van der Waals surface area contributed by atoms with Crippen molar-refractivity contribution < 1.29 is 31.5 Å². The molecule has 2 saturated carbocycles. The van der Waals surface area contributed by atoms with Gasteiger partial charge in [-0.2, -0.15) is 5.10 Å². The van der Waals surface area contributed by atoms with E-state index in [4.69, 9.17) is 9.47 Å². The van der Waals surface area contributed by atoms with Crippen LogP contribution in [0.25, 0.3) is 0 Å². The van der Waals surface area contributed by atoms with Gasteiger partial charge in [0.05, 0.1) is 29.2 Å². The minimum atomic E-state index is -3.36. The minimum absolute atomic E-state index is 0.0630. The van der Waals surface area contributed by atoms with Gasteiger partial charge in [-0.05, 0) is 69.6 Å². The Morgan fingerprint density at radius 1 is 1.16 bits per heavy atom. The lowest BCUT2D eigenvalue weighted by atomic mass is 9.87. The summed E-state index contributed by atoms with van der Waals surface area (Å²) in [5.74, 6) is -1.66. The number of aromatic nitrogens is 2. The molecule has 3 aliphatic rings. The van der Waals surface area contributed by atoms with Gasteiger partial charge in [0.1, 0.15) is 18.4 Å². The van der Waals surface area contributed by atoms with Gasteiger partial charge in [0, 0.05) is 12.3 Å². The Kier molecular flexibility index (Phi) is 7.14. The molecule has 1 aliphatic heterocycles. The summed E-state index contributed by atoms with van der Waals surface area (Å²) in [4.78, 5) is 13.6. The Labute approximate surface area is 215 Å². The maximum Gasteiger partial charge on any atom is 0.233 e. The van der Waals surface area contributed by atoms with Crippen molar-refractivity contribution in [2.75, 3.05) is 11.9 Å². The molecular formula is C26H33F2N3O5S. The maximum absolute atomic E-state index is 13.9. The van der Waals surface area contributed by atoms with Crippen LogP contribution >= 0.6 is 0 Å². The minimum Gasteiger partial charge on any atom is -0.348 e. The molecule has 1 saturated heterocycles. The smallest absolute Gasteiger partial charge is 0.233 e. The molecule has 1 unspecified atom stereocenters. The van der Waals surface area contributed by atoms with E-state index in [9.17, 15) is 22.0 Å². The second-order valence-corrected chi connectivity index (χ2v) is 13.1. The van der Waals surface area contributed by atoms with Crippen LogP contribution in [0.3, 0.4) is 0 Å². The van der Waals surface area contributed by atoms with Gasteiger partial charge in [-0.15, -0.1) is 0 Å². The summed E-state index contributed by atoms with van der Waals surface area (Å²) in [7, 11) is -3.36. The number of rotatable bonds is 9. The topological polar surface area (TPSA) is 99.5 Å². The number of carbonyl (C=O) groups is 1. The highest BCUT2D eigenvalue weighted by Gasteiger charge is 2.39. The number of anilines is 1. The van der Waals surface area contributed by atoms with E-state index in [1.807, 2.05) is 13.8 Å². The first-order valence-electron chi connectivity index (χ1n) is 12.8. The summed E-state index contributed by atoms with van der Waals surface area (Å²) in [5, 5.41) is 6.91. The van der Waals surface area contributed by atoms with Crippen LogP contribution < -0.4 is 5.32 Å². The third kappa shape index (κ3) is 6.04. The largest absolute Gasteiger partial charge is 0.348 e. The van der Waals surface area contributed by atoms with Crippen LogP contribution in [0.4, 0.5) is 14.6 Å². The average Bonchev–Trinajstić information content (AvgIpc) is 3.44. The standard InChI is InChI=1S/C26H33F2N3O5S/c1-26(2)35-15-18(36-26)14-31-10-9-24(30-31)29-25(32)21(11-16-12-22(27)23(28)13-16)17-3-5-19(6-4-17)37(33,34)20-7-8-20/h3-6,9-10,16,18,20-23H,7-8,11-15H2,1-2H3,(H,29,30,32)/t16-,18-,21?,22+,23-/m1/s1. The molecule has 5 atom stereocenters. The van der Waals surface area contributed by atoms with Crippen molar-refractivity contribution >= 4 is 21.6 Å². The molecule has 8 nitrogen and oxygen atoms in total. The molecule has 1 amide bonds. The molecule has 2 aliphatic carbocycles. The number of sulfone groups is 1. The van der Waals surface area contributed by atoms with Crippen LogP contribution in [0.1, 0.15) is 57.4 Å². The Hall–Kier alpha value is -2.37. The monoisotopic (exact) mass is 537 g/mol. The van der Waals surface area contributed by atoms with Crippen LogP contribution in [-0.2, 0) is 30.7 Å². The zero-order chi connectivity index (χ0) is 26.4. The lowest BCUT2D eigenvalue weighted by molar-refractivity contribution is -0.139. The van der Waals surface area contributed by atoms with Gasteiger partial charge < -0.3 is 14.8 Å². The molecule has 0 bridgehead atoms. The number of halogens is 2. The summed E-state index contributed by atoms with van der Waals surface area (Å²) in [6.45, 7) is 4.58. The van der Waals surface area contributed by atoms with Crippen molar-refractivity contribution in [1.82, 2.24) is 9.78 Å². The summed E-state index contributed by atoms with van der Waals surface area (Å²) < 4.78 is 65.9. The van der Waals surface area contributed by atoms with Crippen molar-refractivity contribution in [3.63, 3.8) is 0 Å². The quantitative estimate of drug-likeness (QED) is 0.516. The zero-order valence-electron chi connectivity index (χ0n) is 21.0. The molecule has 202 valence electrons. The lowest BCUT2D eigenvalue weighted by Crippen LogP contribution is -2.25. The highest BCUT2D eigenvalue weighted by Crippen LogP contribution is 2.39. The molecule has 2 heterocycles. The molecule has 2 aromatic rings. The molecule has 1 aromatic carbocycles. The average molecular weight is 538 g/mol. The molecule has 1 N–H and O–H groups in total. The van der Waals surface area contributed by atoms with Crippen LogP contribution in [0.5, 0.6) is 0 Å². The molecular weight excluding hydrogens is 504 g/mol. The van der Waals surface area contributed by atoms with E-state index in [1.165, 1.54) is 12.1 Å². The number of amides is 1. The highest BCUT2D eigenvalue weighted by atomic mass is 32.2. The number of alkyl halides is 2. The molecule has 0 radical (unpaired) electrons. The van der Waals surface area contributed by atoms with Crippen molar-refractivity contribution in [2.24, 2.45) is 5.92 Å². The lowest BCUT2D eigenvalue weighted by Gasteiger charge is -2.20. The van der Waals surface area contributed by atoms with E-state index < -0.39 is 33.9 Å². The second-order valence-electron chi connectivity index (χ2n) is 10.8. The third-order valence-corrected chi connectivity index (χ3v) is 9.60.